The lowest BCUT2D eigenvalue weighted by molar-refractivity contribution is 0.465. The van der Waals surface area contributed by atoms with Crippen LogP contribution in [0.25, 0.3) is 0 Å². The summed E-state index contributed by atoms with van der Waals surface area (Å²) in [4.78, 5) is 0. The van der Waals surface area contributed by atoms with Crippen molar-refractivity contribution in [3.8, 4) is 0 Å². The van der Waals surface area contributed by atoms with Crippen LogP contribution in [0.1, 0.15) is 33.3 Å². The van der Waals surface area contributed by atoms with Gasteiger partial charge in [-0.3, -0.25) is 0 Å². The Bertz CT molecular complexity index is 541. The van der Waals surface area contributed by atoms with Crippen LogP contribution in [-0.4, -0.2) is 31.9 Å². The summed E-state index contributed by atoms with van der Waals surface area (Å²) in [5, 5.41) is 5.24. The van der Waals surface area contributed by atoms with Crippen LogP contribution >= 0.6 is 11.3 Å². The molecule has 1 N–H and O–H groups in total. The lowest BCUT2D eigenvalue weighted by Crippen LogP contribution is -2.28. The van der Waals surface area contributed by atoms with E-state index >= 15 is 0 Å². The smallest absolute Gasteiger partial charge is 0.252 e. The molecule has 1 aromatic heterocycles. The quantitative estimate of drug-likeness (QED) is 0.908. The second kappa shape index (κ2) is 6.13. The van der Waals surface area contributed by atoms with Crippen molar-refractivity contribution >= 4 is 21.4 Å². The number of rotatable bonds is 5. The molecule has 114 valence electrons. The van der Waals surface area contributed by atoms with Crippen molar-refractivity contribution < 1.29 is 8.42 Å². The van der Waals surface area contributed by atoms with Gasteiger partial charge in [-0.2, -0.15) is 4.31 Å². The first-order chi connectivity index (χ1) is 9.30. The molecular weight excluding hydrogens is 292 g/mol. The second-order valence-corrected chi connectivity index (χ2v) is 9.16. The number of sulfonamides is 1. The zero-order chi connectivity index (χ0) is 14.9. The molecule has 4 nitrogen and oxygen atoms in total. The molecule has 1 aromatic rings. The van der Waals surface area contributed by atoms with Gasteiger partial charge in [0, 0.05) is 25.7 Å². The maximum Gasteiger partial charge on any atom is 0.252 e. The van der Waals surface area contributed by atoms with Crippen molar-refractivity contribution in [3.05, 3.63) is 17.0 Å². The van der Waals surface area contributed by atoms with E-state index in [1.165, 1.54) is 11.3 Å². The van der Waals surface area contributed by atoms with Gasteiger partial charge >= 0.3 is 0 Å². The van der Waals surface area contributed by atoms with Gasteiger partial charge in [-0.05, 0) is 28.8 Å². The van der Waals surface area contributed by atoms with Crippen LogP contribution < -0.4 is 5.32 Å². The molecule has 0 spiro atoms. The topological polar surface area (TPSA) is 49.4 Å². The van der Waals surface area contributed by atoms with Crippen LogP contribution in [0.4, 0.5) is 0 Å². The first-order valence-electron chi connectivity index (χ1n) is 7.11. The molecule has 1 aliphatic heterocycles. The summed E-state index contributed by atoms with van der Waals surface area (Å²) in [5.74, 6) is 0.874. The molecule has 2 rings (SSSR count). The van der Waals surface area contributed by atoms with Gasteiger partial charge in [0.05, 0.1) is 0 Å². The summed E-state index contributed by atoms with van der Waals surface area (Å²) in [5.41, 5.74) is 1.04. The number of nitrogens with one attached hydrogen (secondary N) is 1. The van der Waals surface area contributed by atoms with Gasteiger partial charge in [0.1, 0.15) is 4.21 Å². The predicted octanol–water partition coefficient (Wildman–Crippen LogP) is 2.52. The van der Waals surface area contributed by atoms with E-state index in [-0.39, 0.29) is 0 Å². The van der Waals surface area contributed by atoms with Gasteiger partial charge in [-0.15, -0.1) is 11.3 Å². The minimum atomic E-state index is -3.30. The standard InChI is InChI=1S/C14H24N2O2S2/c1-10(2)15-6-13-5-14(19-9-13)20(17,18)16-7-11(3)12(4)8-16/h5,9-12,15H,6-8H2,1-4H3. The molecule has 0 bridgehead atoms. The van der Waals surface area contributed by atoms with E-state index < -0.39 is 10.0 Å². The predicted molar refractivity (Wildman–Crippen MR) is 83.4 cm³/mol. The molecule has 2 atom stereocenters. The molecule has 2 heterocycles. The van der Waals surface area contributed by atoms with Gasteiger partial charge < -0.3 is 5.32 Å². The fourth-order valence-electron chi connectivity index (χ4n) is 2.30. The maximum absolute atomic E-state index is 12.6. The Morgan fingerprint density at radius 2 is 1.95 bits per heavy atom. The monoisotopic (exact) mass is 316 g/mol. The Hall–Kier alpha value is -0.430. The van der Waals surface area contributed by atoms with E-state index in [2.05, 4.69) is 33.0 Å². The van der Waals surface area contributed by atoms with Crippen LogP contribution in [0, 0.1) is 11.8 Å². The molecule has 0 saturated carbocycles. The van der Waals surface area contributed by atoms with Gasteiger partial charge in [-0.1, -0.05) is 27.7 Å². The molecule has 0 aliphatic carbocycles. The Morgan fingerprint density at radius 1 is 1.35 bits per heavy atom. The van der Waals surface area contributed by atoms with Gasteiger partial charge in [0.25, 0.3) is 10.0 Å². The van der Waals surface area contributed by atoms with Crippen molar-refractivity contribution in [1.82, 2.24) is 9.62 Å². The summed E-state index contributed by atoms with van der Waals surface area (Å²) >= 11 is 1.33. The maximum atomic E-state index is 12.6. The fraction of sp³-hybridized carbons (Fsp3) is 0.714. The first-order valence-corrected chi connectivity index (χ1v) is 9.43. The summed E-state index contributed by atoms with van der Waals surface area (Å²) in [6.45, 7) is 10.4. The van der Waals surface area contributed by atoms with E-state index in [4.69, 9.17) is 0 Å². The van der Waals surface area contributed by atoms with E-state index in [0.29, 0.717) is 35.2 Å². The van der Waals surface area contributed by atoms with Crippen LogP contribution in [-0.2, 0) is 16.6 Å². The normalized spacial score (nSPS) is 24.6. The van der Waals surface area contributed by atoms with Gasteiger partial charge in [0.2, 0.25) is 0 Å². The van der Waals surface area contributed by atoms with Gasteiger partial charge in [0.15, 0.2) is 0 Å². The summed E-state index contributed by atoms with van der Waals surface area (Å²) in [6.07, 6.45) is 0. The van der Waals surface area contributed by atoms with Crippen molar-refractivity contribution in [1.29, 1.82) is 0 Å². The van der Waals surface area contributed by atoms with Crippen molar-refractivity contribution in [2.75, 3.05) is 13.1 Å². The SMILES string of the molecule is CC(C)NCc1csc(S(=O)(=O)N2CC(C)C(C)C2)c1. The number of nitrogens with zero attached hydrogens (tertiary/aromatic N) is 1. The Kier molecular flexibility index (Phi) is 4.89. The second-order valence-electron chi connectivity index (χ2n) is 6.09. The van der Waals surface area contributed by atoms with Crippen LogP contribution in [0.5, 0.6) is 0 Å². The summed E-state index contributed by atoms with van der Waals surface area (Å²) in [7, 11) is -3.30. The zero-order valence-corrected chi connectivity index (χ0v) is 14.2. The van der Waals surface area contributed by atoms with E-state index in [9.17, 15) is 8.42 Å². The number of hydrogen-bond acceptors (Lipinski definition) is 4. The highest BCUT2D eigenvalue weighted by Gasteiger charge is 2.35. The molecule has 0 radical (unpaired) electrons. The third-order valence-corrected chi connectivity index (χ3v) is 7.19. The molecule has 6 heteroatoms. The molecule has 1 saturated heterocycles. The highest BCUT2D eigenvalue weighted by Crippen LogP contribution is 2.30. The third kappa shape index (κ3) is 3.42. The average Bonchev–Trinajstić information content (AvgIpc) is 2.95. The number of hydrogen-bond donors (Lipinski definition) is 1. The number of thiophene rings is 1. The lowest BCUT2D eigenvalue weighted by atomic mass is 10.0. The third-order valence-electron chi connectivity index (χ3n) is 3.89. The summed E-state index contributed by atoms with van der Waals surface area (Å²) < 4.78 is 27.3. The first kappa shape index (κ1) is 15.9. The molecular formula is C14H24N2O2S2. The largest absolute Gasteiger partial charge is 0.310 e. The minimum Gasteiger partial charge on any atom is -0.310 e. The van der Waals surface area contributed by atoms with Crippen LogP contribution in [0.15, 0.2) is 15.7 Å². The van der Waals surface area contributed by atoms with Gasteiger partial charge in [-0.25, -0.2) is 8.42 Å². The highest BCUT2D eigenvalue weighted by molar-refractivity contribution is 7.91. The lowest BCUT2D eigenvalue weighted by Gasteiger charge is -2.14. The van der Waals surface area contributed by atoms with Crippen molar-refractivity contribution in [2.24, 2.45) is 11.8 Å². The van der Waals surface area contributed by atoms with E-state index in [1.807, 2.05) is 11.4 Å². The summed E-state index contributed by atoms with van der Waals surface area (Å²) in [6, 6.07) is 2.21. The Balaban J connectivity index is 2.10. The fourth-order valence-corrected chi connectivity index (χ4v) is 5.31. The molecule has 20 heavy (non-hydrogen) atoms. The minimum absolute atomic E-state index is 0.398. The Labute approximate surface area is 126 Å². The molecule has 0 amide bonds. The average molecular weight is 316 g/mol. The van der Waals surface area contributed by atoms with Crippen molar-refractivity contribution in [2.45, 2.75) is 44.5 Å². The molecule has 1 aliphatic rings. The molecule has 2 unspecified atom stereocenters. The Morgan fingerprint density at radius 3 is 2.50 bits per heavy atom. The zero-order valence-electron chi connectivity index (χ0n) is 12.6. The van der Waals surface area contributed by atoms with Crippen LogP contribution in [0.3, 0.4) is 0 Å². The highest BCUT2D eigenvalue weighted by atomic mass is 32.2. The molecule has 1 fully saturated rings. The van der Waals surface area contributed by atoms with E-state index in [0.717, 1.165) is 12.1 Å². The van der Waals surface area contributed by atoms with Crippen LogP contribution in [0.2, 0.25) is 0 Å². The molecule has 0 aromatic carbocycles. The van der Waals surface area contributed by atoms with Crippen molar-refractivity contribution in [3.63, 3.8) is 0 Å². The van der Waals surface area contributed by atoms with E-state index in [1.54, 1.807) is 4.31 Å².